The monoisotopic (exact) mass is 283 g/mol. The van der Waals surface area contributed by atoms with Crippen LogP contribution in [0.1, 0.15) is 22.8 Å². The number of aryl methyl sites for hydroxylation is 1. The topological polar surface area (TPSA) is 33.1 Å². The minimum atomic E-state index is -0.718. The Bertz CT molecular complexity index is 750. The lowest BCUT2D eigenvalue weighted by Crippen LogP contribution is -2.01. The molecule has 3 aromatic rings. The number of hydrogen-bond acceptors (Lipinski definition) is 2. The van der Waals surface area contributed by atoms with Crippen molar-refractivity contribution in [2.75, 3.05) is 0 Å². The molecular weight excluding hydrogens is 270 g/mol. The largest absolute Gasteiger partial charge is 0.384 e. The van der Waals surface area contributed by atoms with Crippen LogP contribution in [0.3, 0.4) is 0 Å². The van der Waals surface area contributed by atoms with E-state index in [1.54, 1.807) is 12.3 Å². The predicted octanol–water partition coefficient (Wildman–Crippen LogP) is 4.28. The second-order valence-corrected chi connectivity index (χ2v) is 5.36. The van der Waals surface area contributed by atoms with Crippen molar-refractivity contribution in [3.05, 3.63) is 76.4 Å². The van der Waals surface area contributed by atoms with Crippen LogP contribution in [0.5, 0.6) is 0 Å². The Morgan fingerprint density at radius 3 is 2.65 bits per heavy atom. The van der Waals surface area contributed by atoms with E-state index in [4.69, 9.17) is 11.6 Å². The van der Waals surface area contributed by atoms with E-state index in [1.165, 1.54) is 0 Å². The first-order valence-electron chi connectivity index (χ1n) is 6.43. The summed E-state index contributed by atoms with van der Waals surface area (Å²) in [4.78, 5) is 4.38. The third kappa shape index (κ3) is 2.53. The van der Waals surface area contributed by atoms with Gasteiger partial charge < -0.3 is 5.11 Å². The summed E-state index contributed by atoms with van der Waals surface area (Å²) in [5.41, 5.74) is 3.50. The summed E-state index contributed by atoms with van der Waals surface area (Å²) >= 11 is 6.05. The maximum absolute atomic E-state index is 10.5. The molecule has 0 saturated carbocycles. The molecule has 0 radical (unpaired) electrons. The van der Waals surface area contributed by atoms with Crippen LogP contribution in [0.2, 0.25) is 5.02 Å². The van der Waals surface area contributed by atoms with Crippen LogP contribution in [0.25, 0.3) is 10.9 Å². The fourth-order valence-electron chi connectivity index (χ4n) is 2.35. The molecule has 100 valence electrons. The van der Waals surface area contributed by atoms with Crippen LogP contribution in [-0.4, -0.2) is 10.1 Å². The van der Waals surface area contributed by atoms with Crippen LogP contribution in [0.4, 0.5) is 0 Å². The van der Waals surface area contributed by atoms with E-state index in [2.05, 4.69) is 4.98 Å². The molecule has 2 nitrogen and oxygen atoms in total. The first-order chi connectivity index (χ1) is 9.63. The normalized spacial score (nSPS) is 12.6. The van der Waals surface area contributed by atoms with Crippen molar-refractivity contribution in [2.45, 2.75) is 13.0 Å². The molecule has 1 atom stereocenters. The summed E-state index contributed by atoms with van der Waals surface area (Å²) in [5, 5.41) is 12.2. The highest BCUT2D eigenvalue weighted by atomic mass is 35.5. The van der Waals surface area contributed by atoms with Gasteiger partial charge in [0.05, 0.1) is 5.52 Å². The van der Waals surface area contributed by atoms with Crippen LogP contribution in [0, 0.1) is 6.92 Å². The number of aliphatic hydroxyl groups excluding tert-OH is 1. The lowest BCUT2D eigenvalue weighted by atomic mass is 10.00. The fraction of sp³-hybridized carbons (Fsp3) is 0.118. The highest BCUT2D eigenvalue weighted by molar-refractivity contribution is 6.30. The minimum absolute atomic E-state index is 0.632. The number of para-hydroxylation sites is 1. The molecule has 1 aromatic heterocycles. The zero-order valence-electron chi connectivity index (χ0n) is 11.0. The van der Waals surface area contributed by atoms with Gasteiger partial charge in [0.2, 0.25) is 0 Å². The number of fused-ring (bicyclic) bond motifs is 1. The van der Waals surface area contributed by atoms with Crippen LogP contribution < -0.4 is 0 Å². The van der Waals surface area contributed by atoms with Gasteiger partial charge in [-0.3, -0.25) is 4.98 Å². The SMILES string of the molecule is Cc1cc(Cl)cc(C(O)c2cnc3ccccc3c2)c1. The van der Waals surface area contributed by atoms with Gasteiger partial charge in [-0.25, -0.2) is 0 Å². The Hall–Kier alpha value is -1.90. The van der Waals surface area contributed by atoms with E-state index >= 15 is 0 Å². The van der Waals surface area contributed by atoms with Crippen molar-refractivity contribution < 1.29 is 5.11 Å². The number of halogens is 1. The van der Waals surface area contributed by atoms with E-state index in [-0.39, 0.29) is 0 Å². The number of aromatic nitrogens is 1. The standard InChI is InChI=1S/C17H14ClNO/c1-11-6-13(9-15(18)7-11)17(20)14-8-12-4-2-3-5-16(12)19-10-14/h2-10,17,20H,1H3. The molecule has 1 N–H and O–H groups in total. The van der Waals surface area contributed by atoms with E-state index < -0.39 is 6.10 Å². The molecule has 0 bridgehead atoms. The molecule has 0 fully saturated rings. The highest BCUT2D eigenvalue weighted by Gasteiger charge is 2.12. The van der Waals surface area contributed by atoms with E-state index in [0.29, 0.717) is 5.02 Å². The van der Waals surface area contributed by atoms with Crippen molar-refractivity contribution >= 4 is 22.5 Å². The predicted molar refractivity (Wildman–Crippen MR) is 82.0 cm³/mol. The van der Waals surface area contributed by atoms with Crippen molar-refractivity contribution in [2.24, 2.45) is 0 Å². The summed E-state index contributed by atoms with van der Waals surface area (Å²) in [6.07, 6.45) is 0.993. The second kappa shape index (κ2) is 5.23. The Labute approximate surface area is 122 Å². The molecular formula is C17H14ClNO. The average Bonchev–Trinajstić information content (AvgIpc) is 2.45. The number of pyridine rings is 1. The number of benzene rings is 2. The number of rotatable bonds is 2. The lowest BCUT2D eigenvalue weighted by molar-refractivity contribution is 0.220. The zero-order chi connectivity index (χ0) is 14.1. The molecule has 2 aromatic carbocycles. The highest BCUT2D eigenvalue weighted by Crippen LogP contribution is 2.27. The smallest absolute Gasteiger partial charge is 0.106 e. The van der Waals surface area contributed by atoms with Crippen LogP contribution in [-0.2, 0) is 0 Å². The quantitative estimate of drug-likeness (QED) is 0.761. The van der Waals surface area contributed by atoms with Gasteiger partial charge in [-0.2, -0.15) is 0 Å². The molecule has 3 rings (SSSR count). The number of aliphatic hydroxyl groups is 1. The maximum Gasteiger partial charge on any atom is 0.106 e. The van der Waals surface area contributed by atoms with Crippen molar-refractivity contribution in [1.82, 2.24) is 4.98 Å². The van der Waals surface area contributed by atoms with E-state index in [9.17, 15) is 5.11 Å². The number of nitrogens with zero attached hydrogens (tertiary/aromatic N) is 1. The fourth-order valence-corrected chi connectivity index (χ4v) is 2.65. The van der Waals surface area contributed by atoms with E-state index in [0.717, 1.165) is 27.6 Å². The molecule has 1 unspecified atom stereocenters. The summed E-state index contributed by atoms with van der Waals surface area (Å²) in [5.74, 6) is 0. The second-order valence-electron chi connectivity index (χ2n) is 4.93. The first kappa shape index (κ1) is 13.1. The van der Waals surface area contributed by atoms with Crippen molar-refractivity contribution in [3.63, 3.8) is 0 Å². The maximum atomic E-state index is 10.5. The van der Waals surface area contributed by atoms with Gasteiger partial charge in [0.1, 0.15) is 6.10 Å². The lowest BCUT2D eigenvalue weighted by Gasteiger charge is -2.13. The molecule has 0 amide bonds. The molecule has 0 spiro atoms. The molecule has 20 heavy (non-hydrogen) atoms. The van der Waals surface area contributed by atoms with E-state index in [1.807, 2.05) is 49.4 Å². The Balaban J connectivity index is 2.05. The Morgan fingerprint density at radius 2 is 1.85 bits per heavy atom. The van der Waals surface area contributed by atoms with Gasteiger partial charge in [-0.05, 0) is 42.3 Å². The van der Waals surface area contributed by atoms with Gasteiger partial charge in [0.15, 0.2) is 0 Å². The molecule has 0 aliphatic rings. The molecule has 3 heteroatoms. The summed E-state index contributed by atoms with van der Waals surface area (Å²) in [7, 11) is 0. The average molecular weight is 284 g/mol. The Morgan fingerprint density at radius 1 is 1.05 bits per heavy atom. The van der Waals surface area contributed by atoms with Crippen LogP contribution >= 0.6 is 11.6 Å². The first-order valence-corrected chi connectivity index (χ1v) is 6.81. The zero-order valence-corrected chi connectivity index (χ0v) is 11.8. The van der Waals surface area contributed by atoms with Crippen molar-refractivity contribution in [3.8, 4) is 0 Å². The van der Waals surface area contributed by atoms with Crippen LogP contribution in [0.15, 0.2) is 54.7 Å². The van der Waals surface area contributed by atoms with Gasteiger partial charge >= 0.3 is 0 Å². The minimum Gasteiger partial charge on any atom is -0.384 e. The third-order valence-corrected chi connectivity index (χ3v) is 3.53. The van der Waals surface area contributed by atoms with Gasteiger partial charge in [-0.15, -0.1) is 0 Å². The van der Waals surface area contributed by atoms with Gasteiger partial charge in [0.25, 0.3) is 0 Å². The van der Waals surface area contributed by atoms with Crippen molar-refractivity contribution in [1.29, 1.82) is 0 Å². The molecule has 0 aliphatic carbocycles. The molecule has 1 heterocycles. The molecule has 0 aliphatic heterocycles. The molecule has 0 saturated heterocycles. The van der Waals surface area contributed by atoms with Gasteiger partial charge in [-0.1, -0.05) is 35.9 Å². The number of hydrogen-bond donors (Lipinski definition) is 1. The summed E-state index contributed by atoms with van der Waals surface area (Å²) in [6, 6.07) is 15.4. The van der Waals surface area contributed by atoms with Gasteiger partial charge in [0, 0.05) is 22.2 Å². The summed E-state index contributed by atoms with van der Waals surface area (Å²) < 4.78 is 0. The Kier molecular flexibility index (Phi) is 3.43. The summed E-state index contributed by atoms with van der Waals surface area (Å²) in [6.45, 7) is 1.96. The third-order valence-electron chi connectivity index (χ3n) is 3.31.